The van der Waals surface area contributed by atoms with Gasteiger partial charge in [0.25, 0.3) is 0 Å². The van der Waals surface area contributed by atoms with Crippen molar-refractivity contribution in [2.75, 3.05) is 73.0 Å². The van der Waals surface area contributed by atoms with E-state index in [4.69, 9.17) is 18.9 Å². The van der Waals surface area contributed by atoms with Crippen molar-refractivity contribution in [3.05, 3.63) is 0 Å². The molecule has 0 aliphatic heterocycles. The maximum absolute atomic E-state index is 11.5. The van der Waals surface area contributed by atoms with Gasteiger partial charge in [0.15, 0.2) is 0 Å². The number of carbonyl (C=O) groups is 1. The van der Waals surface area contributed by atoms with Gasteiger partial charge in [0.05, 0.1) is 52.9 Å². The first-order valence-corrected chi connectivity index (χ1v) is 8.45. The average Bonchev–Trinajstić information content (AvgIpc) is 2.57. The molecule has 0 heterocycles. The Balaban J connectivity index is 3.09. The summed E-state index contributed by atoms with van der Waals surface area (Å²) in [7, 11) is 1.89. The summed E-state index contributed by atoms with van der Waals surface area (Å²) in [6.07, 6.45) is 0.852. The number of carbonyl (C=O) groups excluding carboxylic acids is 1. The zero-order chi connectivity index (χ0) is 17.2. The molecule has 7 nitrogen and oxygen atoms in total. The van der Waals surface area contributed by atoms with Crippen LogP contribution in [0.1, 0.15) is 20.3 Å². The zero-order valence-electron chi connectivity index (χ0n) is 14.9. The molecule has 0 saturated carbocycles. The zero-order valence-corrected chi connectivity index (χ0v) is 14.9. The van der Waals surface area contributed by atoms with Crippen LogP contribution in [0.5, 0.6) is 0 Å². The van der Waals surface area contributed by atoms with E-state index in [1.807, 2.05) is 20.9 Å². The average molecular weight is 334 g/mol. The van der Waals surface area contributed by atoms with Crippen molar-refractivity contribution in [2.24, 2.45) is 5.92 Å². The van der Waals surface area contributed by atoms with E-state index in [1.165, 1.54) is 0 Å². The molecule has 0 aromatic rings. The minimum absolute atomic E-state index is 0.0621. The second-order valence-corrected chi connectivity index (χ2v) is 5.15. The van der Waals surface area contributed by atoms with Gasteiger partial charge in [-0.15, -0.1) is 0 Å². The van der Waals surface area contributed by atoms with Crippen LogP contribution < -0.4 is 10.6 Å². The van der Waals surface area contributed by atoms with E-state index in [-0.39, 0.29) is 11.8 Å². The maximum Gasteiger partial charge on any atom is 0.222 e. The van der Waals surface area contributed by atoms with Crippen molar-refractivity contribution in [3.63, 3.8) is 0 Å². The number of amides is 1. The highest BCUT2D eigenvalue weighted by Gasteiger charge is 2.08. The molecule has 0 fully saturated rings. The number of hydrogen-bond acceptors (Lipinski definition) is 6. The Morgan fingerprint density at radius 1 is 0.826 bits per heavy atom. The summed E-state index contributed by atoms with van der Waals surface area (Å²) >= 11 is 0. The van der Waals surface area contributed by atoms with Gasteiger partial charge in [-0.1, -0.05) is 13.8 Å². The van der Waals surface area contributed by atoms with Crippen LogP contribution in [0.25, 0.3) is 0 Å². The Kier molecular flexibility index (Phi) is 17.1. The number of rotatable bonds is 17. The molecule has 1 amide bonds. The van der Waals surface area contributed by atoms with Gasteiger partial charge in [0.1, 0.15) is 0 Å². The lowest BCUT2D eigenvalue weighted by Crippen LogP contribution is -2.31. The largest absolute Gasteiger partial charge is 0.378 e. The highest BCUT2D eigenvalue weighted by Crippen LogP contribution is 1.98. The molecule has 0 bridgehead atoms. The topological polar surface area (TPSA) is 78.1 Å². The van der Waals surface area contributed by atoms with E-state index in [9.17, 15) is 4.79 Å². The third-order valence-electron chi connectivity index (χ3n) is 3.22. The summed E-state index contributed by atoms with van der Waals surface area (Å²) < 4.78 is 21.4. The first kappa shape index (κ1) is 22.3. The molecule has 0 aliphatic rings. The number of hydrogen-bond donors (Lipinski definition) is 2. The molecule has 7 heteroatoms. The van der Waals surface area contributed by atoms with Gasteiger partial charge < -0.3 is 29.6 Å². The Hall–Kier alpha value is -0.730. The first-order chi connectivity index (χ1) is 11.2. The standard InChI is InChI=1S/C16H34N2O5/c1-4-15(2)16(19)18-6-8-21-10-12-23-14-13-22-11-9-20-7-5-17-3/h15,17H,4-14H2,1-3H3,(H,18,19). The lowest BCUT2D eigenvalue weighted by atomic mass is 10.1. The molecular weight excluding hydrogens is 300 g/mol. The molecule has 0 aromatic heterocycles. The molecule has 0 spiro atoms. The minimum atomic E-state index is 0.0621. The minimum Gasteiger partial charge on any atom is -0.378 e. The van der Waals surface area contributed by atoms with Crippen molar-refractivity contribution in [1.82, 2.24) is 10.6 Å². The second-order valence-electron chi connectivity index (χ2n) is 5.15. The normalized spacial score (nSPS) is 12.3. The summed E-state index contributed by atoms with van der Waals surface area (Å²) in [5.41, 5.74) is 0. The molecule has 0 rings (SSSR count). The third-order valence-corrected chi connectivity index (χ3v) is 3.22. The summed E-state index contributed by atoms with van der Waals surface area (Å²) in [4.78, 5) is 11.5. The van der Waals surface area contributed by atoms with Crippen molar-refractivity contribution >= 4 is 5.91 Å². The number of likely N-dealkylation sites (N-methyl/N-ethyl adjacent to an activating group) is 1. The Morgan fingerprint density at radius 2 is 1.26 bits per heavy atom. The molecule has 23 heavy (non-hydrogen) atoms. The van der Waals surface area contributed by atoms with Gasteiger partial charge in [-0.3, -0.25) is 4.79 Å². The van der Waals surface area contributed by atoms with Crippen LogP contribution in [0.3, 0.4) is 0 Å². The van der Waals surface area contributed by atoms with Crippen molar-refractivity contribution < 1.29 is 23.7 Å². The summed E-state index contributed by atoms with van der Waals surface area (Å²) in [6, 6.07) is 0. The van der Waals surface area contributed by atoms with E-state index in [0.29, 0.717) is 59.4 Å². The fourth-order valence-electron chi connectivity index (χ4n) is 1.54. The van der Waals surface area contributed by atoms with E-state index in [0.717, 1.165) is 13.0 Å². The number of nitrogens with one attached hydrogen (secondary N) is 2. The Morgan fingerprint density at radius 3 is 1.70 bits per heavy atom. The van der Waals surface area contributed by atoms with E-state index in [2.05, 4.69) is 10.6 Å². The van der Waals surface area contributed by atoms with Crippen molar-refractivity contribution in [3.8, 4) is 0 Å². The molecule has 0 radical (unpaired) electrons. The lowest BCUT2D eigenvalue weighted by Gasteiger charge is -2.10. The van der Waals surface area contributed by atoms with Crippen molar-refractivity contribution in [1.29, 1.82) is 0 Å². The van der Waals surface area contributed by atoms with Crippen LogP contribution >= 0.6 is 0 Å². The van der Waals surface area contributed by atoms with Crippen LogP contribution in [0, 0.1) is 5.92 Å². The lowest BCUT2D eigenvalue weighted by molar-refractivity contribution is -0.124. The van der Waals surface area contributed by atoms with Gasteiger partial charge in [-0.05, 0) is 13.5 Å². The van der Waals surface area contributed by atoms with Crippen molar-refractivity contribution in [2.45, 2.75) is 20.3 Å². The molecule has 1 unspecified atom stereocenters. The fourth-order valence-corrected chi connectivity index (χ4v) is 1.54. The van der Waals surface area contributed by atoms with E-state index < -0.39 is 0 Å². The van der Waals surface area contributed by atoms with Gasteiger partial charge in [-0.25, -0.2) is 0 Å². The van der Waals surface area contributed by atoms with E-state index in [1.54, 1.807) is 0 Å². The number of ether oxygens (including phenoxy) is 4. The van der Waals surface area contributed by atoms with Crippen LogP contribution in [-0.2, 0) is 23.7 Å². The molecular formula is C16H34N2O5. The second kappa shape index (κ2) is 17.6. The van der Waals surface area contributed by atoms with E-state index >= 15 is 0 Å². The maximum atomic E-state index is 11.5. The monoisotopic (exact) mass is 334 g/mol. The first-order valence-electron chi connectivity index (χ1n) is 8.45. The highest BCUT2D eigenvalue weighted by molar-refractivity contribution is 5.78. The molecule has 1 atom stereocenters. The molecule has 138 valence electrons. The molecule has 0 aliphatic carbocycles. The smallest absolute Gasteiger partial charge is 0.222 e. The predicted molar refractivity (Wildman–Crippen MR) is 89.7 cm³/mol. The van der Waals surface area contributed by atoms with Gasteiger partial charge in [0, 0.05) is 19.0 Å². The van der Waals surface area contributed by atoms with Gasteiger partial charge in [-0.2, -0.15) is 0 Å². The van der Waals surface area contributed by atoms with Crippen LogP contribution in [0.2, 0.25) is 0 Å². The van der Waals surface area contributed by atoms with Gasteiger partial charge >= 0.3 is 0 Å². The van der Waals surface area contributed by atoms with Crippen LogP contribution in [-0.4, -0.2) is 78.9 Å². The molecule has 0 aromatic carbocycles. The predicted octanol–water partition coefficient (Wildman–Crippen LogP) is 0.435. The quantitative estimate of drug-likeness (QED) is 0.376. The third kappa shape index (κ3) is 15.9. The molecule has 2 N–H and O–H groups in total. The summed E-state index contributed by atoms with van der Waals surface area (Å²) in [5.74, 6) is 0.145. The van der Waals surface area contributed by atoms with Crippen LogP contribution in [0.15, 0.2) is 0 Å². The Bertz CT molecular complexity index is 267. The fraction of sp³-hybridized carbons (Fsp3) is 0.938. The van der Waals surface area contributed by atoms with Crippen LogP contribution in [0.4, 0.5) is 0 Å². The summed E-state index contributed by atoms with van der Waals surface area (Å²) in [6.45, 7) is 9.85. The summed E-state index contributed by atoms with van der Waals surface area (Å²) in [5, 5.41) is 5.84. The molecule has 0 saturated heterocycles. The SMILES string of the molecule is CCC(C)C(=O)NCCOCCOCCOCCOCCNC. The van der Waals surface area contributed by atoms with Gasteiger partial charge in [0.2, 0.25) is 5.91 Å². The Labute approximate surface area is 140 Å². The highest BCUT2D eigenvalue weighted by atomic mass is 16.6.